The minimum Gasteiger partial charge on any atom is -0.478 e. The van der Waals surface area contributed by atoms with E-state index in [1.807, 2.05) is 12.2 Å². The maximum absolute atomic E-state index is 12.6. The van der Waals surface area contributed by atoms with Crippen LogP contribution in [-0.4, -0.2) is 36.9 Å². The lowest BCUT2D eigenvalue weighted by Crippen LogP contribution is -2.34. The molecule has 1 N–H and O–H groups in total. The second-order valence-corrected chi connectivity index (χ2v) is 6.75. The third kappa shape index (κ3) is 2.62. The van der Waals surface area contributed by atoms with E-state index < -0.39 is 16.0 Å². The van der Waals surface area contributed by atoms with E-state index in [9.17, 15) is 13.2 Å². The number of hydrogen-bond donors (Lipinski definition) is 1. The van der Waals surface area contributed by atoms with E-state index in [4.69, 9.17) is 5.11 Å². The zero-order chi connectivity index (χ0) is 14.9. The van der Waals surface area contributed by atoms with Crippen molar-refractivity contribution in [2.45, 2.75) is 25.2 Å². The first-order valence-electron chi connectivity index (χ1n) is 6.33. The number of nitrogens with zero attached hydrogens (tertiary/aromatic N) is 1. The van der Waals surface area contributed by atoms with Crippen molar-refractivity contribution in [1.82, 2.24) is 4.31 Å². The van der Waals surface area contributed by atoms with E-state index in [0.29, 0.717) is 30.6 Å². The predicted molar refractivity (Wildman–Crippen MR) is 75.4 cm³/mol. The molecule has 0 aromatic heterocycles. The molecule has 0 radical (unpaired) electrons. The van der Waals surface area contributed by atoms with Gasteiger partial charge in [0.2, 0.25) is 10.0 Å². The standard InChI is InChI=1S/C14H17NO4S/c1-10-8-12(14(16)17)9-13(11(10)2)20(18,19)15-6-4-3-5-7-15/h3-4,8-9H,5-7H2,1-2H3,(H,16,17). The Hall–Kier alpha value is -1.66. The smallest absolute Gasteiger partial charge is 0.335 e. The third-order valence-corrected chi connectivity index (χ3v) is 5.50. The number of carboxylic acids is 1. The second-order valence-electron chi connectivity index (χ2n) is 4.84. The molecular formula is C14H17NO4S. The summed E-state index contributed by atoms with van der Waals surface area (Å²) in [6.07, 6.45) is 4.43. The van der Waals surface area contributed by atoms with Crippen molar-refractivity contribution >= 4 is 16.0 Å². The van der Waals surface area contributed by atoms with Gasteiger partial charge in [-0.05, 0) is 43.5 Å². The number of carbonyl (C=O) groups is 1. The lowest BCUT2D eigenvalue weighted by Gasteiger charge is -2.24. The molecule has 108 valence electrons. The van der Waals surface area contributed by atoms with E-state index in [1.54, 1.807) is 13.8 Å². The Morgan fingerprint density at radius 1 is 1.25 bits per heavy atom. The van der Waals surface area contributed by atoms with Crippen LogP contribution >= 0.6 is 0 Å². The summed E-state index contributed by atoms with van der Waals surface area (Å²) in [6.45, 7) is 4.18. The fraction of sp³-hybridized carbons (Fsp3) is 0.357. The van der Waals surface area contributed by atoms with Gasteiger partial charge in [-0.3, -0.25) is 0 Å². The quantitative estimate of drug-likeness (QED) is 0.865. The summed E-state index contributed by atoms with van der Waals surface area (Å²) in [5, 5.41) is 9.08. The first-order chi connectivity index (χ1) is 9.34. The molecule has 0 bridgehead atoms. The molecule has 0 aliphatic carbocycles. The van der Waals surface area contributed by atoms with Crippen LogP contribution in [0.3, 0.4) is 0 Å². The summed E-state index contributed by atoms with van der Waals surface area (Å²) in [5.74, 6) is -1.12. The number of rotatable bonds is 3. The Morgan fingerprint density at radius 3 is 2.50 bits per heavy atom. The molecule has 1 heterocycles. The van der Waals surface area contributed by atoms with Gasteiger partial charge in [0, 0.05) is 13.1 Å². The molecule has 0 fully saturated rings. The minimum atomic E-state index is -3.65. The number of aryl methyl sites for hydroxylation is 1. The highest BCUT2D eigenvalue weighted by Gasteiger charge is 2.27. The second kappa shape index (κ2) is 5.38. The largest absolute Gasteiger partial charge is 0.478 e. The van der Waals surface area contributed by atoms with Crippen LogP contribution in [0.5, 0.6) is 0 Å². The molecule has 0 saturated carbocycles. The van der Waals surface area contributed by atoms with Crippen LogP contribution in [-0.2, 0) is 10.0 Å². The fourth-order valence-corrected chi connectivity index (χ4v) is 3.93. The zero-order valence-electron chi connectivity index (χ0n) is 11.5. The van der Waals surface area contributed by atoms with Crippen LogP contribution in [0.4, 0.5) is 0 Å². The lowest BCUT2D eigenvalue weighted by molar-refractivity contribution is 0.0696. The molecule has 1 aliphatic rings. The van der Waals surface area contributed by atoms with E-state index in [1.165, 1.54) is 16.4 Å². The summed E-state index contributed by atoms with van der Waals surface area (Å²) < 4.78 is 26.6. The molecule has 20 heavy (non-hydrogen) atoms. The highest BCUT2D eigenvalue weighted by atomic mass is 32.2. The Labute approximate surface area is 118 Å². The molecule has 0 atom stereocenters. The summed E-state index contributed by atoms with van der Waals surface area (Å²) in [4.78, 5) is 11.2. The van der Waals surface area contributed by atoms with Gasteiger partial charge in [-0.25, -0.2) is 13.2 Å². The predicted octanol–water partition coefficient (Wildman–Crippen LogP) is 1.95. The maximum atomic E-state index is 12.6. The van der Waals surface area contributed by atoms with Gasteiger partial charge in [0.05, 0.1) is 10.5 Å². The van der Waals surface area contributed by atoms with Crippen molar-refractivity contribution in [1.29, 1.82) is 0 Å². The van der Waals surface area contributed by atoms with Crippen molar-refractivity contribution in [2.75, 3.05) is 13.1 Å². The molecule has 1 aromatic carbocycles. The normalized spacial score (nSPS) is 16.3. The molecule has 0 saturated heterocycles. The molecule has 0 unspecified atom stereocenters. The topological polar surface area (TPSA) is 74.7 Å². The van der Waals surface area contributed by atoms with E-state index >= 15 is 0 Å². The SMILES string of the molecule is Cc1cc(C(=O)O)cc(S(=O)(=O)N2CC=CCC2)c1C. The molecule has 2 rings (SSSR count). The number of benzene rings is 1. The van der Waals surface area contributed by atoms with Crippen LogP contribution in [0, 0.1) is 13.8 Å². The molecular weight excluding hydrogens is 278 g/mol. The van der Waals surface area contributed by atoms with Gasteiger partial charge in [0.25, 0.3) is 0 Å². The van der Waals surface area contributed by atoms with Crippen molar-refractivity contribution < 1.29 is 18.3 Å². The molecule has 0 spiro atoms. The summed E-state index contributed by atoms with van der Waals surface area (Å²) in [7, 11) is -3.65. The van der Waals surface area contributed by atoms with Crippen LogP contribution in [0.25, 0.3) is 0 Å². The van der Waals surface area contributed by atoms with Gasteiger partial charge in [-0.15, -0.1) is 0 Å². The highest BCUT2D eigenvalue weighted by molar-refractivity contribution is 7.89. The monoisotopic (exact) mass is 295 g/mol. The van der Waals surface area contributed by atoms with Gasteiger partial charge in [-0.2, -0.15) is 4.31 Å². The first kappa shape index (κ1) is 14.7. The van der Waals surface area contributed by atoms with Gasteiger partial charge >= 0.3 is 5.97 Å². The van der Waals surface area contributed by atoms with Crippen molar-refractivity contribution in [3.8, 4) is 0 Å². The number of hydrogen-bond acceptors (Lipinski definition) is 3. The maximum Gasteiger partial charge on any atom is 0.335 e. The van der Waals surface area contributed by atoms with E-state index in [2.05, 4.69) is 0 Å². The number of carboxylic acid groups (broad SMARTS) is 1. The van der Waals surface area contributed by atoms with Crippen LogP contribution in [0.2, 0.25) is 0 Å². The molecule has 5 nitrogen and oxygen atoms in total. The summed E-state index contributed by atoms with van der Waals surface area (Å²) in [5.41, 5.74) is 1.26. The summed E-state index contributed by atoms with van der Waals surface area (Å²) in [6, 6.07) is 2.74. The van der Waals surface area contributed by atoms with E-state index in [-0.39, 0.29) is 10.5 Å². The summed E-state index contributed by atoms with van der Waals surface area (Å²) >= 11 is 0. The number of aromatic carboxylic acids is 1. The van der Waals surface area contributed by atoms with Crippen LogP contribution in [0.1, 0.15) is 27.9 Å². The van der Waals surface area contributed by atoms with Gasteiger partial charge in [-0.1, -0.05) is 12.2 Å². The van der Waals surface area contributed by atoms with Gasteiger partial charge < -0.3 is 5.11 Å². The Morgan fingerprint density at radius 2 is 1.95 bits per heavy atom. The zero-order valence-corrected chi connectivity index (χ0v) is 12.3. The van der Waals surface area contributed by atoms with Crippen molar-refractivity contribution in [3.05, 3.63) is 41.0 Å². The number of sulfonamides is 1. The molecule has 0 amide bonds. The molecule has 6 heteroatoms. The van der Waals surface area contributed by atoms with Crippen LogP contribution in [0.15, 0.2) is 29.2 Å². The fourth-order valence-electron chi connectivity index (χ4n) is 2.20. The van der Waals surface area contributed by atoms with Gasteiger partial charge in [0.1, 0.15) is 0 Å². The Kier molecular flexibility index (Phi) is 3.96. The highest BCUT2D eigenvalue weighted by Crippen LogP contribution is 2.25. The lowest BCUT2D eigenvalue weighted by atomic mass is 10.1. The molecule has 1 aliphatic heterocycles. The minimum absolute atomic E-state index is 0.000716. The van der Waals surface area contributed by atoms with Crippen LogP contribution < -0.4 is 0 Å². The molecule has 1 aromatic rings. The van der Waals surface area contributed by atoms with Crippen molar-refractivity contribution in [3.63, 3.8) is 0 Å². The Bertz CT molecular complexity index is 677. The van der Waals surface area contributed by atoms with E-state index in [0.717, 1.165) is 0 Å². The first-order valence-corrected chi connectivity index (χ1v) is 7.77. The van der Waals surface area contributed by atoms with Gasteiger partial charge in [0.15, 0.2) is 0 Å². The average Bonchev–Trinajstić information content (AvgIpc) is 2.42. The third-order valence-electron chi connectivity index (χ3n) is 3.51. The Balaban J connectivity index is 2.56. The van der Waals surface area contributed by atoms with Crippen molar-refractivity contribution in [2.24, 2.45) is 0 Å². The average molecular weight is 295 g/mol.